The average Bonchev–Trinajstić information content (AvgIpc) is 2.14. The van der Waals surface area contributed by atoms with E-state index in [1.54, 1.807) is 18.2 Å². The number of halogens is 2. The van der Waals surface area contributed by atoms with Gasteiger partial charge in [0.25, 0.3) is 0 Å². The van der Waals surface area contributed by atoms with Crippen LogP contribution in [0.4, 0.5) is 0 Å². The number of hydrazine groups is 1. The third-order valence-corrected chi connectivity index (χ3v) is 2.24. The Morgan fingerprint density at radius 3 is 2.53 bits per heavy atom. The van der Waals surface area contributed by atoms with Gasteiger partial charge in [-0.25, -0.2) is 0 Å². The van der Waals surface area contributed by atoms with Gasteiger partial charge in [-0.3, -0.25) is 10.9 Å². The minimum absolute atomic E-state index is 0.126. The van der Waals surface area contributed by atoms with E-state index in [9.17, 15) is 0 Å². The van der Waals surface area contributed by atoms with E-state index in [-0.39, 0.29) is 5.11 Å². The normalized spacial score (nSPS) is 9.47. The van der Waals surface area contributed by atoms with Crippen molar-refractivity contribution in [3.63, 3.8) is 0 Å². The van der Waals surface area contributed by atoms with E-state index in [4.69, 9.17) is 28.9 Å². The van der Waals surface area contributed by atoms with Crippen LogP contribution in [-0.4, -0.2) is 5.11 Å². The third-order valence-electron chi connectivity index (χ3n) is 1.59. The Balaban J connectivity index is 2.78. The van der Waals surface area contributed by atoms with Crippen LogP contribution in [0.3, 0.4) is 0 Å². The zero-order valence-electron chi connectivity index (χ0n) is 7.68. The van der Waals surface area contributed by atoms with Gasteiger partial charge in [-0.1, -0.05) is 29.8 Å². The highest BCUT2D eigenvalue weighted by Crippen LogP contribution is 2.24. The molecule has 0 saturated heterocycles. The summed E-state index contributed by atoms with van der Waals surface area (Å²) in [6.07, 6.45) is 0. The van der Waals surface area contributed by atoms with Crippen LogP contribution in [0.1, 0.15) is 5.56 Å². The summed E-state index contributed by atoms with van der Waals surface area (Å²) in [5.41, 5.74) is 11.8. The van der Waals surface area contributed by atoms with Gasteiger partial charge in [-0.05, 0) is 30.4 Å². The summed E-state index contributed by atoms with van der Waals surface area (Å²) in [5, 5.41) is 1.20. The van der Waals surface area contributed by atoms with E-state index in [2.05, 4.69) is 29.6 Å². The van der Waals surface area contributed by atoms with Crippen LogP contribution >= 0.6 is 35.4 Å². The van der Waals surface area contributed by atoms with Crippen LogP contribution in [-0.2, 0) is 0 Å². The zero-order valence-corrected chi connectivity index (χ0v) is 10.0. The molecule has 0 unspecified atom stereocenters. The lowest BCUT2D eigenvalue weighted by Crippen LogP contribution is -2.39. The summed E-state index contributed by atoms with van der Waals surface area (Å²) in [6.45, 7) is 3.77. The molecule has 15 heavy (non-hydrogen) atoms. The summed E-state index contributed by atoms with van der Waals surface area (Å²) >= 11 is 16.3. The largest absolute Gasteiger partial charge is 0.375 e. The van der Waals surface area contributed by atoms with Crippen molar-refractivity contribution in [2.75, 3.05) is 0 Å². The van der Waals surface area contributed by atoms with Crippen molar-refractivity contribution >= 4 is 46.2 Å². The molecule has 0 fully saturated rings. The predicted octanol–water partition coefficient (Wildman–Crippen LogP) is 2.30. The molecule has 0 bridgehead atoms. The molecule has 0 aliphatic carbocycles. The molecule has 4 N–H and O–H groups in total. The molecule has 1 aromatic rings. The molecular weight excluding hydrogens is 253 g/mol. The van der Waals surface area contributed by atoms with Gasteiger partial charge in [0.2, 0.25) is 0 Å². The smallest absolute Gasteiger partial charge is 0.182 e. The molecule has 0 aromatic heterocycles. The fourth-order valence-corrected chi connectivity index (χ4v) is 1.51. The first-order valence-corrected chi connectivity index (χ1v) is 5.13. The van der Waals surface area contributed by atoms with Crippen molar-refractivity contribution in [1.82, 2.24) is 10.9 Å². The van der Waals surface area contributed by atoms with Crippen molar-refractivity contribution in [3.05, 3.63) is 40.4 Å². The van der Waals surface area contributed by atoms with Gasteiger partial charge in [0.1, 0.15) is 0 Å². The van der Waals surface area contributed by atoms with E-state index in [0.29, 0.717) is 15.7 Å². The predicted molar refractivity (Wildman–Crippen MR) is 68.6 cm³/mol. The first kappa shape index (κ1) is 12.1. The maximum absolute atomic E-state index is 5.96. The van der Waals surface area contributed by atoms with Crippen molar-refractivity contribution in [1.29, 1.82) is 0 Å². The second-order valence-corrected chi connectivity index (χ2v) is 4.00. The average molecular weight is 262 g/mol. The van der Waals surface area contributed by atoms with E-state index in [1.807, 2.05) is 0 Å². The Labute approximate surface area is 103 Å². The quantitative estimate of drug-likeness (QED) is 0.578. The summed E-state index contributed by atoms with van der Waals surface area (Å²) in [5.74, 6) is 0. The van der Waals surface area contributed by atoms with Crippen LogP contribution in [0.15, 0.2) is 24.8 Å². The van der Waals surface area contributed by atoms with E-state index >= 15 is 0 Å². The molecule has 6 heteroatoms. The lowest BCUT2D eigenvalue weighted by atomic mass is 10.2. The van der Waals surface area contributed by atoms with Gasteiger partial charge >= 0.3 is 0 Å². The lowest BCUT2D eigenvalue weighted by molar-refractivity contribution is 0.846. The monoisotopic (exact) mass is 261 g/mol. The molecule has 0 aliphatic heterocycles. The molecule has 1 rings (SSSR count). The second-order valence-electron chi connectivity index (χ2n) is 2.72. The van der Waals surface area contributed by atoms with Crippen molar-refractivity contribution in [2.45, 2.75) is 0 Å². The van der Waals surface area contributed by atoms with E-state index in [1.165, 1.54) is 0 Å². The number of benzene rings is 1. The highest BCUT2D eigenvalue weighted by molar-refractivity contribution is 7.80. The molecule has 0 aliphatic rings. The molecule has 0 amide bonds. The van der Waals surface area contributed by atoms with Gasteiger partial charge in [-0.2, -0.15) is 0 Å². The number of hydrogen-bond acceptors (Lipinski definition) is 2. The molecule has 3 nitrogen and oxygen atoms in total. The van der Waals surface area contributed by atoms with Crippen LogP contribution < -0.4 is 16.6 Å². The Hall–Kier alpha value is -0.970. The Morgan fingerprint density at radius 2 is 2.00 bits per heavy atom. The Kier molecular flexibility index (Phi) is 4.20. The van der Waals surface area contributed by atoms with Crippen LogP contribution in [0.25, 0.3) is 5.70 Å². The summed E-state index contributed by atoms with van der Waals surface area (Å²) in [4.78, 5) is 0. The van der Waals surface area contributed by atoms with Gasteiger partial charge < -0.3 is 5.73 Å². The summed E-state index contributed by atoms with van der Waals surface area (Å²) in [6, 6.07) is 5.10. The van der Waals surface area contributed by atoms with Gasteiger partial charge in [0, 0.05) is 10.6 Å². The first-order chi connectivity index (χ1) is 7.00. The standard InChI is InChI=1S/C9H9Cl2N3S/c1-5(13-14-9(12)15)7-3-2-6(10)4-8(7)11/h2-4,13H,1H2,(H3,12,14,15). The molecule has 0 heterocycles. The maximum atomic E-state index is 5.96. The van der Waals surface area contributed by atoms with E-state index in [0.717, 1.165) is 5.56 Å². The minimum Gasteiger partial charge on any atom is -0.375 e. The molecule has 0 radical (unpaired) electrons. The summed E-state index contributed by atoms with van der Waals surface area (Å²) < 4.78 is 0. The molecule has 0 atom stereocenters. The number of hydrogen-bond donors (Lipinski definition) is 3. The third kappa shape index (κ3) is 3.58. The highest BCUT2D eigenvalue weighted by atomic mass is 35.5. The molecular formula is C9H9Cl2N3S. The zero-order chi connectivity index (χ0) is 11.4. The van der Waals surface area contributed by atoms with Gasteiger partial charge in [-0.15, -0.1) is 0 Å². The number of nitrogens with two attached hydrogens (primary N) is 1. The minimum atomic E-state index is 0.126. The van der Waals surface area contributed by atoms with Crippen LogP contribution in [0.5, 0.6) is 0 Å². The Morgan fingerprint density at radius 1 is 1.33 bits per heavy atom. The first-order valence-electron chi connectivity index (χ1n) is 3.96. The topological polar surface area (TPSA) is 50.1 Å². The van der Waals surface area contributed by atoms with Crippen LogP contribution in [0.2, 0.25) is 10.0 Å². The molecule has 80 valence electrons. The Bertz CT molecular complexity index is 406. The lowest BCUT2D eigenvalue weighted by Gasteiger charge is -2.12. The molecule has 0 spiro atoms. The van der Waals surface area contributed by atoms with Gasteiger partial charge in [0.05, 0.1) is 10.7 Å². The van der Waals surface area contributed by atoms with Gasteiger partial charge in [0.15, 0.2) is 5.11 Å². The number of nitrogens with one attached hydrogen (secondary N) is 2. The molecule has 1 aromatic carbocycles. The maximum Gasteiger partial charge on any atom is 0.182 e. The van der Waals surface area contributed by atoms with Crippen LogP contribution in [0, 0.1) is 0 Å². The van der Waals surface area contributed by atoms with Crippen molar-refractivity contribution in [3.8, 4) is 0 Å². The second kappa shape index (κ2) is 5.21. The number of thiocarbonyl (C=S) groups is 1. The van der Waals surface area contributed by atoms with Crippen molar-refractivity contribution < 1.29 is 0 Å². The van der Waals surface area contributed by atoms with Crippen molar-refractivity contribution in [2.24, 2.45) is 5.73 Å². The van der Waals surface area contributed by atoms with E-state index < -0.39 is 0 Å². The summed E-state index contributed by atoms with van der Waals surface area (Å²) in [7, 11) is 0. The fraction of sp³-hybridized carbons (Fsp3) is 0. The highest BCUT2D eigenvalue weighted by Gasteiger charge is 2.04. The fourth-order valence-electron chi connectivity index (χ4n) is 0.939. The molecule has 0 saturated carbocycles. The SMILES string of the molecule is C=C(NNC(N)=S)c1ccc(Cl)cc1Cl. The number of rotatable bonds is 3.